The maximum absolute atomic E-state index is 13.3. The number of benzene rings is 2. The van der Waals surface area contributed by atoms with Crippen molar-refractivity contribution >= 4 is 27.6 Å². The Hall–Kier alpha value is -2.29. The van der Waals surface area contributed by atoms with Gasteiger partial charge in [0.2, 0.25) is 10.0 Å². The zero-order chi connectivity index (χ0) is 21.2. The Morgan fingerprint density at radius 2 is 1.72 bits per heavy atom. The Bertz CT molecular complexity index is 1010. The van der Waals surface area contributed by atoms with Gasteiger partial charge in [-0.3, -0.25) is 4.79 Å². The van der Waals surface area contributed by atoms with Gasteiger partial charge < -0.3 is 14.2 Å². The molecule has 0 fully saturated rings. The average Bonchev–Trinajstić information content (AvgIpc) is 2.72. The molecule has 9 heteroatoms. The second kappa shape index (κ2) is 8.61. The molecule has 0 N–H and O–H groups in total. The highest BCUT2D eigenvalue weighted by Crippen LogP contribution is 2.41. The van der Waals surface area contributed by atoms with Crippen molar-refractivity contribution in [1.82, 2.24) is 4.31 Å². The van der Waals surface area contributed by atoms with Gasteiger partial charge in [0, 0.05) is 11.6 Å². The molecule has 0 saturated heterocycles. The first-order chi connectivity index (χ1) is 13.8. The van der Waals surface area contributed by atoms with E-state index in [4.69, 9.17) is 25.8 Å². The lowest BCUT2D eigenvalue weighted by Crippen LogP contribution is -2.41. The molecule has 29 heavy (non-hydrogen) atoms. The monoisotopic (exact) mass is 439 g/mol. The van der Waals surface area contributed by atoms with E-state index in [0.29, 0.717) is 28.5 Å². The van der Waals surface area contributed by atoms with Crippen LogP contribution in [0.3, 0.4) is 0 Å². The standard InChI is InChI=1S/C20H22ClNO6S/c1-26-18-10-13-8-9-22(29(24,25)15-6-4-14(21)5-7-15)17(12-20(23)28-3)16(13)11-19(18)27-2/h4-7,10-11,17H,8-9,12H2,1-3H3. The highest BCUT2D eigenvalue weighted by Gasteiger charge is 2.38. The smallest absolute Gasteiger partial charge is 0.307 e. The van der Waals surface area contributed by atoms with Gasteiger partial charge in [-0.2, -0.15) is 4.31 Å². The number of ether oxygens (including phenoxy) is 3. The molecular formula is C20H22ClNO6S. The molecule has 1 unspecified atom stereocenters. The molecule has 7 nitrogen and oxygen atoms in total. The largest absolute Gasteiger partial charge is 0.493 e. The quantitative estimate of drug-likeness (QED) is 0.643. The van der Waals surface area contributed by atoms with E-state index in [1.54, 1.807) is 6.07 Å². The lowest BCUT2D eigenvalue weighted by atomic mass is 9.91. The molecule has 0 amide bonds. The normalized spacial score (nSPS) is 16.8. The van der Waals surface area contributed by atoms with E-state index < -0.39 is 22.0 Å². The summed E-state index contributed by atoms with van der Waals surface area (Å²) >= 11 is 5.90. The zero-order valence-corrected chi connectivity index (χ0v) is 17.9. The number of carbonyl (C=O) groups is 1. The minimum atomic E-state index is -3.86. The van der Waals surface area contributed by atoms with E-state index in [-0.39, 0.29) is 17.9 Å². The highest BCUT2D eigenvalue weighted by atomic mass is 35.5. The molecule has 2 aromatic carbocycles. The van der Waals surface area contributed by atoms with Crippen LogP contribution in [0.25, 0.3) is 0 Å². The Morgan fingerprint density at radius 3 is 2.31 bits per heavy atom. The van der Waals surface area contributed by atoms with Gasteiger partial charge in [0.1, 0.15) is 0 Å². The summed E-state index contributed by atoms with van der Waals surface area (Å²) in [7, 11) is 0.454. The molecule has 1 heterocycles. The molecular weight excluding hydrogens is 418 g/mol. The Balaban J connectivity index is 2.11. The number of hydrogen-bond donors (Lipinski definition) is 0. The average molecular weight is 440 g/mol. The van der Waals surface area contributed by atoms with E-state index in [9.17, 15) is 13.2 Å². The zero-order valence-electron chi connectivity index (χ0n) is 16.3. The second-order valence-corrected chi connectivity index (χ2v) is 8.85. The number of nitrogens with zero attached hydrogens (tertiary/aromatic N) is 1. The van der Waals surface area contributed by atoms with Crippen molar-refractivity contribution in [2.45, 2.75) is 23.8 Å². The van der Waals surface area contributed by atoms with Gasteiger partial charge in [-0.15, -0.1) is 0 Å². The predicted octanol–water partition coefficient (Wildman–Crippen LogP) is 3.21. The Labute approximate surface area is 175 Å². The van der Waals surface area contributed by atoms with Crippen LogP contribution < -0.4 is 9.47 Å². The van der Waals surface area contributed by atoms with Crippen LogP contribution in [0.15, 0.2) is 41.3 Å². The van der Waals surface area contributed by atoms with Gasteiger partial charge in [-0.1, -0.05) is 11.6 Å². The Morgan fingerprint density at radius 1 is 1.10 bits per heavy atom. The van der Waals surface area contributed by atoms with Gasteiger partial charge in [0.15, 0.2) is 11.5 Å². The van der Waals surface area contributed by atoms with Crippen LogP contribution in [-0.2, 0) is 26.0 Å². The molecule has 1 aliphatic rings. The number of carbonyl (C=O) groups excluding carboxylic acids is 1. The molecule has 3 rings (SSSR count). The molecule has 0 radical (unpaired) electrons. The first-order valence-electron chi connectivity index (χ1n) is 8.90. The van der Waals surface area contributed by atoms with Gasteiger partial charge in [-0.05, 0) is 53.9 Å². The van der Waals surface area contributed by atoms with Crippen LogP contribution in [0.5, 0.6) is 11.5 Å². The molecule has 0 saturated carbocycles. The van der Waals surface area contributed by atoms with Crippen molar-refractivity contribution in [1.29, 1.82) is 0 Å². The number of fused-ring (bicyclic) bond motifs is 1. The number of sulfonamides is 1. The van der Waals surface area contributed by atoms with Crippen molar-refractivity contribution in [3.05, 3.63) is 52.5 Å². The first-order valence-corrected chi connectivity index (χ1v) is 10.7. The third-order valence-corrected chi connectivity index (χ3v) is 7.14. The Kier molecular flexibility index (Phi) is 6.36. The second-order valence-electron chi connectivity index (χ2n) is 6.52. The summed E-state index contributed by atoms with van der Waals surface area (Å²) < 4.78 is 43.6. The number of esters is 1. The summed E-state index contributed by atoms with van der Waals surface area (Å²) in [5.41, 5.74) is 1.59. The summed E-state index contributed by atoms with van der Waals surface area (Å²) in [5, 5.41) is 0.441. The third kappa shape index (κ3) is 4.19. The van der Waals surface area contributed by atoms with E-state index >= 15 is 0 Å². The summed E-state index contributed by atoms with van der Waals surface area (Å²) in [5.74, 6) is 0.512. The van der Waals surface area contributed by atoms with E-state index in [0.717, 1.165) is 5.56 Å². The van der Waals surface area contributed by atoms with Crippen molar-refractivity contribution in [3.8, 4) is 11.5 Å². The lowest BCUT2D eigenvalue weighted by molar-refractivity contribution is -0.141. The topological polar surface area (TPSA) is 82.1 Å². The fraction of sp³-hybridized carbons (Fsp3) is 0.350. The molecule has 2 aromatic rings. The highest BCUT2D eigenvalue weighted by molar-refractivity contribution is 7.89. The number of rotatable bonds is 6. The number of halogens is 1. The van der Waals surface area contributed by atoms with Gasteiger partial charge >= 0.3 is 5.97 Å². The number of methoxy groups -OCH3 is 3. The minimum absolute atomic E-state index is 0.112. The molecule has 0 aromatic heterocycles. The SMILES string of the molecule is COC(=O)CC1c2cc(OC)c(OC)cc2CCN1S(=O)(=O)c1ccc(Cl)cc1. The van der Waals surface area contributed by atoms with Crippen LogP contribution in [0, 0.1) is 0 Å². The third-order valence-electron chi connectivity index (χ3n) is 4.96. The minimum Gasteiger partial charge on any atom is -0.493 e. The fourth-order valence-corrected chi connectivity index (χ4v) is 5.22. The first kappa shape index (κ1) is 21.4. The van der Waals surface area contributed by atoms with Gasteiger partial charge in [0.05, 0.1) is 38.7 Å². The van der Waals surface area contributed by atoms with E-state index in [1.807, 2.05) is 6.07 Å². The van der Waals surface area contributed by atoms with Crippen molar-refractivity contribution in [2.75, 3.05) is 27.9 Å². The predicted molar refractivity (Wildman–Crippen MR) is 108 cm³/mol. The molecule has 156 valence electrons. The van der Waals surface area contributed by atoms with Crippen LogP contribution in [0.1, 0.15) is 23.6 Å². The van der Waals surface area contributed by atoms with Crippen LogP contribution >= 0.6 is 11.6 Å². The number of hydrogen-bond acceptors (Lipinski definition) is 6. The fourth-order valence-electron chi connectivity index (χ4n) is 3.49. The van der Waals surface area contributed by atoms with Gasteiger partial charge in [-0.25, -0.2) is 8.42 Å². The summed E-state index contributed by atoms with van der Waals surface area (Å²) in [4.78, 5) is 12.2. The lowest BCUT2D eigenvalue weighted by Gasteiger charge is -2.36. The van der Waals surface area contributed by atoms with Crippen LogP contribution in [0.2, 0.25) is 5.02 Å². The van der Waals surface area contributed by atoms with Crippen molar-refractivity contribution in [2.24, 2.45) is 0 Å². The van der Waals surface area contributed by atoms with Crippen molar-refractivity contribution < 1.29 is 27.4 Å². The molecule has 0 aliphatic carbocycles. The molecule has 1 aliphatic heterocycles. The summed E-state index contributed by atoms with van der Waals surface area (Å²) in [6.45, 7) is 0.217. The van der Waals surface area contributed by atoms with Crippen LogP contribution in [-0.4, -0.2) is 46.6 Å². The summed E-state index contributed by atoms with van der Waals surface area (Å²) in [6, 6.07) is 8.78. The molecule has 0 spiro atoms. The van der Waals surface area contributed by atoms with E-state index in [1.165, 1.54) is 49.9 Å². The maximum Gasteiger partial charge on any atom is 0.307 e. The van der Waals surface area contributed by atoms with Crippen molar-refractivity contribution in [3.63, 3.8) is 0 Å². The van der Waals surface area contributed by atoms with E-state index in [2.05, 4.69) is 0 Å². The van der Waals surface area contributed by atoms with Gasteiger partial charge in [0.25, 0.3) is 0 Å². The maximum atomic E-state index is 13.3. The van der Waals surface area contributed by atoms with Crippen LogP contribution in [0.4, 0.5) is 0 Å². The molecule has 1 atom stereocenters. The summed E-state index contributed by atoms with van der Waals surface area (Å²) in [6.07, 6.45) is 0.353. The molecule has 0 bridgehead atoms.